The fourth-order valence-electron chi connectivity index (χ4n) is 3.63. The number of amides is 1. The van der Waals surface area contributed by atoms with Gasteiger partial charge in [-0.25, -0.2) is 9.37 Å². The fraction of sp³-hybridized carbons (Fsp3) is 0.350. The van der Waals surface area contributed by atoms with Crippen LogP contribution in [0.1, 0.15) is 45.5 Å². The van der Waals surface area contributed by atoms with Crippen LogP contribution < -0.4 is 10.5 Å². The van der Waals surface area contributed by atoms with Crippen LogP contribution in [0.5, 0.6) is 5.75 Å². The van der Waals surface area contributed by atoms with Crippen LogP contribution in [0.4, 0.5) is 4.39 Å². The largest absolute Gasteiger partial charge is 0.486 e. The smallest absolute Gasteiger partial charge is 0.252 e. The second-order valence-electron chi connectivity index (χ2n) is 7.11. The Labute approximate surface area is 171 Å². The van der Waals surface area contributed by atoms with Crippen molar-refractivity contribution >= 4 is 17.2 Å². The normalized spacial score (nSPS) is 17.3. The van der Waals surface area contributed by atoms with E-state index >= 15 is 0 Å². The number of piperidine rings is 1. The number of benzene rings is 1. The summed E-state index contributed by atoms with van der Waals surface area (Å²) in [7, 11) is 0. The molecule has 29 heavy (non-hydrogen) atoms. The minimum atomic E-state index is -0.448. The molecule has 1 amide bonds. The van der Waals surface area contributed by atoms with Gasteiger partial charge in [0, 0.05) is 24.4 Å². The van der Waals surface area contributed by atoms with Gasteiger partial charge in [-0.05, 0) is 43.7 Å². The molecule has 1 aliphatic rings. The molecule has 1 aliphatic heterocycles. The lowest BCUT2D eigenvalue weighted by Gasteiger charge is -2.32. The number of rotatable bonds is 7. The van der Waals surface area contributed by atoms with Crippen molar-refractivity contribution in [3.8, 4) is 5.75 Å². The molecule has 0 spiro atoms. The number of H-pyrrole nitrogens is 1. The molecule has 0 aliphatic carbocycles. The first-order valence-electron chi connectivity index (χ1n) is 9.45. The minimum absolute atomic E-state index is 0.202. The molecule has 3 heterocycles. The highest BCUT2D eigenvalue weighted by atomic mass is 32.1. The van der Waals surface area contributed by atoms with Gasteiger partial charge in [0.1, 0.15) is 23.2 Å². The van der Waals surface area contributed by atoms with E-state index in [9.17, 15) is 9.18 Å². The molecule has 7 nitrogen and oxygen atoms in total. The lowest BCUT2D eigenvalue weighted by atomic mass is 9.92. The number of hydrogen-bond donors (Lipinski definition) is 2. The summed E-state index contributed by atoms with van der Waals surface area (Å²) in [5.74, 6) is 0.0865. The number of aromatic nitrogens is 3. The van der Waals surface area contributed by atoms with Gasteiger partial charge in [0.15, 0.2) is 0 Å². The topological polar surface area (TPSA) is 97.1 Å². The number of halogens is 1. The van der Waals surface area contributed by atoms with Crippen molar-refractivity contribution in [2.45, 2.75) is 31.9 Å². The second kappa shape index (κ2) is 8.71. The summed E-state index contributed by atoms with van der Waals surface area (Å²) in [6.07, 6.45) is 3.53. The maximum atomic E-state index is 13.0. The first-order valence-corrected chi connectivity index (χ1v) is 10.3. The molecule has 1 aromatic carbocycles. The number of carbonyl (C=O) groups is 1. The van der Waals surface area contributed by atoms with E-state index in [0.717, 1.165) is 48.9 Å². The molecule has 152 valence electrons. The molecule has 3 N–H and O–H groups in total. The van der Waals surface area contributed by atoms with Crippen LogP contribution in [0.3, 0.4) is 0 Å². The van der Waals surface area contributed by atoms with Gasteiger partial charge < -0.3 is 10.5 Å². The summed E-state index contributed by atoms with van der Waals surface area (Å²) in [6, 6.07) is 5.96. The average molecular weight is 415 g/mol. The third-order valence-corrected chi connectivity index (χ3v) is 5.88. The molecule has 1 atom stereocenters. The van der Waals surface area contributed by atoms with Crippen LogP contribution >= 0.6 is 11.3 Å². The molecule has 0 saturated carbocycles. The second-order valence-corrected chi connectivity index (χ2v) is 8.05. The molecule has 0 unspecified atom stereocenters. The number of aromatic amines is 1. The van der Waals surface area contributed by atoms with Crippen molar-refractivity contribution in [3.63, 3.8) is 0 Å². The highest BCUT2D eigenvalue weighted by Gasteiger charge is 2.26. The van der Waals surface area contributed by atoms with Crippen molar-refractivity contribution in [2.75, 3.05) is 13.1 Å². The molecule has 0 bridgehead atoms. The van der Waals surface area contributed by atoms with Gasteiger partial charge in [-0.2, -0.15) is 5.10 Å². The third-order valence-electron chi connectivity index (χ3n) is 5.01. The van der Waals surface area contributed by atoms with Crippen molar-refractivity contribution in [3.05, 3.63) is 63.6 Å². The predicted octanol–water partition coefficient (Wildman–Crippen LogP) is 3.06. The highest BCUT2D eigenvalue weighted by Crippen LogP contribution is 2.28. The number of primary amides is 1. The molecule has 9 heteroatoms. The quantitative estimate of drug-likeness (QED) is 0.618. The van der Waals surface area contributed by atoms with E-state index in [0.29, 0.717) is 17.9 Å². The van der Waals surface area contributed by atoms with Crippen molar-refractivity contribution < 1.29 is 13.9 Å². The van der Waals surface area contributed by atoms with Gasteiger partial charge >= 0.3 is 0 Å². The zero-order chi connectivity index (χ0) is 20.2. The number of carbonyl (C=O) groups excluding carboxylic acids is 1. The van der Waals surface area contributed by atoms with Gasteiger partial charge in [0.2, 0.25) is 0 Å². The Bertz CT molecular complexity index is 971. The van der Waals surface area contributed by atoms with E-state index in [1.54, 1.807) is 23.5 Å². The Hall–Kier alpha value is -2.78. The predicted molar refractivity (Wildman–Crippen MR) is 107 cm³/mol. The summed E-state index contributed by atoms with van der Waals surface area (Å²) >= 11 is 1.55. The third kappa shape index (κ3) is 4.80. The van der Waals surface area contributed by atoms with E-state index < -0.39 is 5.91 Å². The molecule has 1 fully saturated rings. The average Bonchev–Trinajstić information content (AvgIpc) is 3.37. The van der Waals surface area contributed by atoms with Crippen LogP contribution in [0.2, 0.25) is 0 Å². The Morgan fingerprint density at radius 2 is 2.21 bits per heavy atom. The number of ether oxygens (including phenoxy) is 1. The number of nitrogens with zero attached hydrogens (tertiary/aromatic N) is 3. The van der Waals surface area contributed by atoms with Crippen LogP contribution in [0.15, 0.2) is 35.8 Å². The molecule has 2 aromatic heterocycles. The Kier molecular flexibility index (Phi) is 5.86. The van der Waals surface area contributed by atoms with Gasteiger partial charge in [-0.3, -0.25) is 14.8 Å². The maximum Gasteiger partial charge on any atom is 0.252 e. The molecular weight excluding hydrogens is 393 g/mol. The van der Waals surface area contributed by atoms with Crippen molar-refractivity contribution in [2.24, 2.45) is 5.73 Å². The van der Waals surface area contributed by atoms with Crippen LogP contribution in [0.25, 0.3) is 0 Å². The lowest BCUT2D eigenvalue weighted by Crippen LogP contribution is -2.34. The van der Waals surface area contributed by atoms with Crippen LogP contribution in [0, 0.1) is 5.82 Å². The molecule has 0 radical (unpaired) electrons. The fourth-order valence-corrected chi connectivity index (χ4v) is 4.33. The summed E-state index contributed by atoms with van der Waals surface area (Å²) in [6.45, 7) is 2.90. The zero-order valence-electron chi connectivity index (χ0n) is 15.8. The van der Waals surface area contributed by atoms with Gasteiger partial charge in [-0.1, -0.05) is 0 Å². The minimum Gasteiger partial charge on any atom is -0.486 e. The van der Waals surface area contributed by atoms with Gasteiger partial charge in [-0.15, -0.1) is 11.3 Å². The van der Waals surface area contributed by atoms with E-state index in [1.165, 1.54) is 18.3 Å². The van der Waals surface area contributed by atoms with Gasteiger partial charge in [0.05, 0.1) is 23.1 Å². The van der Waals surface area contributed by atoms with Crippen LogP contribution in [-0.4, -0.2) is 39.1 Å². The number of nitrogens with one attached hydrogen (secondary N) is 1. The van der Waals surface area contributed by atoms with E-state index in [1.807, 2.05) is 5.38 Å². The summed E-state index contributed by atoms with van der Waals surface area (Å²) in [5.41, 5.74) is 7.75. The first kappa shape index (κ1) is 19.5. The van der Waals surface area contributed by atoms with Crippen molar-refractivity contribution in [1.82, 2.24) is 20.1 Å². The Balaban J connectivity index is 1.34. The molecule has 4 rings (SSSR count). The molecule has 1 saturated heterocycles. The first-order chi connectivity index (χ1) is 14.1. The van der Waals surface area contributed by atoms with E-state index in [-0.39, 0.29) is 11.7 Å². The van der Waals surface area contributed by atoms with Crippen molar-refractivity contribution in [1.29, 1.82) is 0 Å². The number of nitrogens with two attached hydrogens (primary N) is 1. The zero-order valence-corrected chi connectivity index (χ0v) is 16.6. The summed E-state index contributed by atoms with van der Waals surface area (Å²) in [5, 5.41) is 9.86. The summed E-state index contributed by atoms with van der Waals surface area (Å²) in [4.78, 5) is 18.6. The summed E-state index contributed by atoms with van der Waals surface area (Å²) < 4.78 is 18.6. The SMILES string of the molecule is NC(=O)c1cn[nH]c1[C@@H]1CCCN(Cc2csc(COc3ccc(F)cc3)n2)C1. The Morgan fingerprint density at radius 1 is 1.38 bits per heavy atom. The number of hydrogen-bond acceptors (Lipinski definition) is 6. The van der Waals surface area contributed by atoms with E-state index in [2.05, 4.69) is 20.1 Å². The standard InChI is InChI=1S/C20H22FN5O2S/c21-14-3-5-16(6-4-14)28-11-18-24-15(12-29-18)10-26-7-1-2-13(9-26)19-17(20(22)27)8-23-25-19/h3-6,8,12-13H,1-2,7,9-11H2,(H2,22,27)(H,23,25)/t13-/m1/s1. The number of thiazole rings is 1. The molecular formula is C20H22FN5O2S. The highest BCUT2D eigenvalue weighted by molar-refractivity contribution is 7.09. The monoisotopic (exact) mass is 415 g/mol. The van der Waals surface area contributed by atoms with Crippen LogP contribution in [-0.2, 0) is 13.2 Å². The Morgan fingerprint density at radius 3 is 3.00 bits per heavy atom. The van der Waals surface area contributed by atoms with Gasteiger partial charge in [0.25, 0.3) is 5.91 Å². The van der Waals surface area contributed by atoms with E-state index in [4.69, 9.17) is 10.5 Å². The lowest BCUT2D eigenvalue weighted by molar-refractivity contribution is 0.0997. The maximum absolute atomic E-state index is 13.0. The number of likely N-dealkylation sites (tertiary alicyclic amines) is 1. The molecule has 3 aromatic rings.